The molecule has 0 aliphatic carbocycles. The molecule has 0 saturated carbocycles. The molecule has 0 amide bonds. The number of thioether (sulfide) groups is 1. The molecule has 2 rings (SSSR count). The quantitative estimate of drug-likeness (QED) is 0.640. The van der Waals surface area contributed by atoms with E-state index < -0.39 is 0 Å². The summed E-state index contributed by atoms with van der Waals surface area (Å²) in [5.41, 5.74) is 1.50. The number of nitriles is 1. The first-order valence-electron chi connectivity index (χ1n) is 7.69. The van der Waals surface area contributed by atoms with Gasteiger partial charge in [0.05, 0.1) is 19.9 Å². The summed E-state index contributed by atoms with van der Waals surface area (Å²) < 4.78 is 10.6. The van der Waals surface area contributed by atoms with Gasteiger partial charge in [-0.25, -0.2) is 9.97 Å². The third-order valence-electron chi connectivity index (χ3n) is 3.33. The smallest absolute Gasteiger partial charge is 0.189 e. The van der Waals surface area contributed by atoms with Crippen molar-refractivity contribution < 1.29 is 9.47 Å². The Morgan fingerprint density at radius 2 is 1.80 bits per heavy atom. The molecule has 1 aromatic heterocycles. The number of methoxy groups -OCH3 is 2. The van der Waals surface area contributed by atoms with Crippen molar-refractivity contribution in [2.45, 2.75) is 31.5 Å². The lowest BCUT2D eigenvalue weighted by Crippen LogP contribution is -2.27. The molecule has 132 valence electrons. The molecule has 0 spiro atoms. The lowest BCUT2D eigenvalue weighted by atomic mass is 10.0. The molecule has 0 aliphatic rings. The molecule has 0 saturated heterocycles. The van der Waals surface area contributed by atoms with Gasteiger partial charge in [-0.2, -0.15) is 5.26 Å². The number of anilines is 1. The van der Waals surface area contributed by atoms with Crippen LogP contribution in [0.25, 0.3) is 11.3 Å². The highest BCUT2D eigenvalue weighted by molar-refractivity contribution is 7.98. The average Bonchev–Trinajstić information content (AvgIpc) is 2.58. The number of hydrogen-bond acceptors (Lipinski definition) is 7. The standard InChI is InChI=1S/C18H22N4O2S/c1-18(2,3)22-16-12(10-19)15(20-17(21-16)25-6)11-7-8-13(23-4)14(9-11)24-5/h7-9H,1-6H3,(H,20,21,22). The van der Waals surface area contributed by atoms with Gasteiger partial charge >= 0.3 is 0 Å². The van der Waals surface area contributed by atoms with E-state index >= 15 is 0 Å². The Morgan fingerprint density at radius 1 is 1.12 bits per heavy atom. The Kier molecular flexibility index (Phi) is 5.75. The topological polar surface area (TPSA) is 80.1 Å². The number of hydrogen-bond donors (Lipinski definition) is 1. The molecule has 0 unspecified atom stereocenters. The van der Waals surface area contributed by atoms with E-state index in [0.717, 1.165) is 5.56 Å². The van der Waals surface area contributed by atoms with E-state index in [1.165, 1.54) is 11.8 Å². The van der Waals surface area contributed by atoms with Gasteiger partial charge in [-0.05, 0) is 45.2 Å². The van der Waals surface area contributed by atoms with Crippen LogP contribution in [0.4, 0.5) is 5.82 Å². The zero-order chi connectivity index (χ0) is 18.6. The molecule has 0 bridgehead atoms. The maximum atomic E-state index is 9.72. The zero-order valence-electron chi connectivity index (χ0n) is 15.3. The van der Waals surface area contributed by atoms with Crippen LogP contribution in [0, 0.1) is 11.3 Å². The van der Waals surface area contributed by atoms with Gasteiger partial charge in [-0.1, -0.05) is 11.8 Å². The van der Waals surface area contributed by atoms with Crippen LogP contribution < -0.4 is 14.8 Å². The molecule has 1 heterocycles. The highest BCUT2D eigenvalue weighted by Crippen LogP contribution is 2.35. The van der Waals surface area contributed by atoms with Crippen molar-refractivity contribution >= 4 is 17.6 Å². The Morgan fingerprint density at radius 3 is 2.32 bits per heavy atom. The summed E-state index contributed by atoms with van der Waals surface area (Å²) in [5, 5.41) is 13.6. The third kappa shape index (κ3) is 4.34. The maximum Gasteiger partial charge on any atom is 0.189 e. The normalized spacial score (nSPS) is 10.9. The molecule has 25 heavy (non-hydrogen) atoms. The van der Waals surface area contributed by atoms with Gasteiger partial charge in [0, 0.05) is 11.1 Å². The van der Waals surface area contributed by atoms with E-state index in [4.69, 9.17) is 9.47 Å². The molecule has 7 heteroatoms. The van der Waals surface area contributed by atoms with E-state index in [0.29, 0.717) is 33.7 Å². The largest absolute Gasteiger partial charge is 0.493 e. The Balaban J connectivity index is 2.68. The zero-order valence-corrected chi connectivity index (χ0v) is 16.1. The fourth-order valence-electron chi connectivity index (χ4n) is 2.28. The fourth-order valence-corrected chi connectivity index (χ4v) is 2.64. The van der Waals surface area contributed by atoms with Crippen LogP contribution >= 0.6 is 11.8 Å². The summed E-state index contributed by atoms with van der Waals surface area (Å²) in [5.74, 6) is 1.73. The number of benzene rings is 1. The summed E-state index contributed by atoms with van der Waals surface area (Å²) in [7, 11) is 3.16. The molecular formula is C18H22N4O2S. The van der Waals surface area contributed by atoms with E-state index in [9.17, 15) is 5.26 Å². The minimum atomic E-state index is -0.232. The maximum absolute atomic E-state index is 9.72. The Bertz CT molecular complexity index is 810. The van der Waals surface area contributed by atoms with E-state index in [-0.39, 0.29) is 5.54 Å². The second-order valence-corrected chi connectivity index (χ2v) is 7.11. The summed E-state index contributed by atoms with van der Waals surface area (Å²) >= 11 is 1.43. The van der Waals surface area contributed by atoms with Crippen LogP contribution in [-0.4, -0.2) is 36.0 Å². The van der Waals surface area contributed by atoms with Crippen LogP contribution in [-0.2, 0) is 0 Å². The monoisotopic (exact) mass is 358 g/mol. The third-order valence-corrected chi connectivity index (χ3v) is 3.88. The van der Waals surface area contributed by atoms with Gasteiger partial charge < -0.3 is 14.8 Å². The van der Waals surface area contributed by atoms with Gasteiger partial charge in [0.25, 0.3) is 0 Å². The van der Waals surface area contributed by atoms with Crippen LogP contribution in [0.5, 0.6) is 11.5 Å². The van der Waals surface area contributed by atoms with E-state index in [1.54, 1.807) is 20.3 Å². The van der Waals surface area contributed by atoms with Gasteiger partial charge in [-0.15, -0.1) is 0 Å². The van der Waals surface area contributed by atoms with Crippen molar-refractivity contribution in [2.24, 2.45) is 0 Å². The molecule has 1 aromatic carbocycles. The first kappa shape index (κ1) is 18.9. The van der Waals surface area contributed by atoms with Crippen molar-refractivity contribution in [1.82, 2.24) is 9.97 Å². The average molecular weight is 358 g/mol. The van der Waals surface area contributed by atoms with E-state index in [2.05, 4.69) is 21.4 Å². The molecule has 1 N–H and O–H groups in total. The molecule has 0 fully saturated rings. The molecule has 0 radical (unpaired) electrons. The second kappa shape index (κ2) is 7.62. The van der Waals surface area contributed by atoms with Crippen LogP contribution in [0.2, 0.25) is 0 Å². The fraction of sp³-hybridized carbons (Fsp3) is 0.389. The van der Waals surface area contributed by atoms with Crippen LogP contribution in [0.1, 0.15) is 26.3 Å². The summed E-state index contributed by atoms with van der Waals surface area (Å²) in [4.78, 5) is 9.02. The number of rotatable bonds is 5. The number of nitrogens with zero attached hydrogens (tertiary/aromatic N) is 3. The number of ether oxygens (including phenoxy) is 2. The highest BCUT2D eigenvalue weighted by atomic mass is 32.2. The number of aromatic nitrogens is 2. The first-order valence-corrected chi connectivity index (χ1v) is 8.92. The minimum Gasteiger partial charge on any atom is -0.493 e. The second-order valence-electron chi connectivity index (χ2n) is 6.34. The Labute approximate surface area is 152 Å². The van der Waals surface area contributed by atoms with Crippen molar-refractivity contribution in [3.63, 3.8) is 0 Å². The molecule has 0 aliphatic heterocycles. The predicted molar refractivity (Wildman–Crippen MR) is 100 cm³/mol. The van der Waals surface area contributed by atoms with Gasteiger partial charge in [-0.3, -0.25) is 0 Å². The van der Waals surface area contributed by atoms with Crippen LogP contribution in [0.15, 0.2) is 23.4 Å². The molecule has 6 nitrogen and oxygen atoms in total. The van der Waals surface area contributed by atoms with Crippen molar-refractivity contribution in [2.75, 3.05) is 25.8 Å². The van der Waals surface area contributed by atoms with Crippen molar-refractivity contribution in [3.05, 3.63) is 23.8 Å². The lowest BCUT2D eigenvalue weighted by Gasteiger charge is -2.23. The summed E-state index contributed by atoms with van der Waals surface area (Å²) in [6, 6.07) is 7.70. The van der Waals surface area contributed by atoms with Crippen LogP contribution in [0.3, 0.4) is 0 Å². The van der Waals surface area contributed by atoms with Gasteiger partial charge in [0.15, 0.2) is 16.7 Å². The summed E-state index contributed by atoms with van der Waals surface area (Å²) in [6.07, 6.45) is 1.90. The SMILES string of the molecule is COc1ccc(-c2nc(SC)nc(NC(C)(C)C)c2C#N)cc1OC. The highest BCUT2D eigenvalue weighted by Gasteiger charge is 2.20. The van der Waals surface area contributed by atoms with Gasteiger partial charge in [0.1, 0.15) is 17.5 Å². The molecular weight excluding hydrogens is 336 g/mol. The minimum absolute atomic E-state index is 0.232. The van der Waals surface area contributed by atoms with Crippen molar-refractivity contribution in [1.29, 1.82) is 5.26 Å². The molecule has 0 atom stereocenters. The predicted octanol–water partition coefficient (Wildman–Crippen LogP) is 3.96. The lowest BCUT2D eigenvalue weighted by molar-refractivity contribution is 0.355. The van der Waals surface area contributed by atoms with Gasteiger partial charge in [0.2, 0.25) is 0 Å². The van der Waals surface area contributed by atoms with Crippen molar-refractivity contribution in [3.8, 4) is 28.8 Å². The van der Waals surface area contributed by atoms with E-state index in [1.807, 2.05) is 39.2 Å². The first-order chi connectivity index (χ1) is 11.8. The Hall–Kier alpha value is -2.46. The summed E-state index contributed by atoms with van der Waals surface area (Å²) in [6.45, 7) is 6.06. The number of nitrogens with one attached hydrogen (secondary N) is 1. The molecule has 2 aromatic rings.